The summed E-state index contributed by atoms with van der Waals surface area (Å²) in [6.07, 6.45) is 4.13. The van der Waals surface area contributed by atoms with Crippen molar-refractivity contribution in [3.8, 4) is 11.3 Å². The molecule has 0 N–H and O–H groups in total. The van der Waals surface area contributed by atoms with Crippen LogP contribution in [0.3, 0.4) is 0 Å². The van der Waals surface area contributed by atoms with Crippen LogP contribution in [-0.2, 0) is 7.05 Å². The molecule has 2 heteroatoms. The van der Waals surface area contributed by atoms with Crippen LogP contribution in [-0.4, -0.2) is 4.98 Å². The van der Waals surface area contributed by atoms with E-state index in [1.54, 1.807) is 0 Å². The van der Waals surface area contributed by atoms with Crippen LogP contribution in [0.2, 0.25) is 0 Å². The number of aromatic nitrogens is 2. The van der Waals surface area contributed by atoms with E-state index in [0.717, 1.165) is 5.52 Å². The fourth-order valence-corrected chi connectivity index (χ4v) is 4.79. The molecule has 0 amide bonds. The van der Waals surface area contributed by atoms with E-state index in [1.165, 1.54) is 54.5 Å². The van der Waals surface area contributed by atoms with Gasteiger partial charge in [-0.1, -0.05) is 42.5 Å². The fourth-order valence-electron chi connectivity index (χ4n) is 4.79. The van der Waals surface area contributed by atoms with Crippen molar-refractivity contribution in [3.05, 3.63) is 84.7 Å². The zero-order valence-corrected chi connectivity index (χ0v) is 15.9. The Morgan fingerprint density at radius 3 is 2.36 bits per heavy atom. The second-order valence-electron chi connectivity index (χ2n) is 7.61. The summed E-state index contributed by atoms with van der Waals surface area (Å²) in [6.45, 7) is 2.20. The van der Waals surface area contributed by atoms with E-state index < -0.39 is 0 Å². The van der Waals surface area contributed by atoms with Crippen molar-refractivity contribution in [2.45, 2.75) is 6.92 Å². The van der Waals surface area contributed by atoms with Crippen LogP contribution in [0.4, 0.5) is 0 Å². The maximum Gasteiger partial charge on any atom is 0.213 e. The second kappa shape index (κ2) is 5.49. The Hall–Kier alpha value is -3.52. The molecule has 2 heterocycles. The maximum atomic E-state index is 4.83. The minimum atomic E-state index is 1.07. The summed E-state index contributed by atoms with van der Waals surface area (Å²) in [5.74, 6) is 0. The molecule has 0 unspecified atom stereocenters. The lowest BCUT2D eigenvalue weighted by molar-refractivity contribution is -0.660. The number of pyridine rings is 2. The Labute approximate surface area is 163 Å². The molecule has 0 radical (unpaired) electrons. The third-order valence-corrected chi connectivity index (χ3v) is 5.99. The Morgan fingerprint density at radius 1 is 0.750 bits per heavy atom. The number of aryl methyl sites for hydroxylation is 2. The van der Waals surface area contributed by atoms with Gasteiger partial charge in [-0.3, -0.25) is 4.98 Å². The van der Waals surface area contributed by atoms with E-state index in [4.69, 9.17) is 4.98 Å². The number of fused-ring (bicyclic) bond motifs is 3. The van der Waals surface area contributed by atoms with Crippen LogP contribution < -0.4 is 4.57 Å². The van der Waals surface area contributed by atoms with Gasteiger partial charge in [-0.2, -0.15) is 0 Å². The molecule has 6 aromatic rings. The van der Waals surface area contributed by atoms with Crippen molar-refractivity contribution in [1.82, 2.24) is 4.98 Å². The second-order valence-corrected chi connectivity index (χ2v) is 7.61. The molecule has 4 aromatic carbocycles. The fraction of sp³-hybridized carbons (Fsp3) is 0.0769. The highest BCUT2D eigenvalue weighted by Gasteiger charge is 2.22. The summed E-state index contributed by atoms with van der Waals surface area (Å²) in [5, 5.41) is 9.01. The minimum Gasteiger partial charge on any atom is -0.256 e. The van der Waals surface area contributed by atoms with Gasteiger partial charge in [0.15, 0.2) is 6.20 Å². The summed E-state index contributed by atoms with van der Waals surface area (Å²) >= 11 is 0. The smallest absolute Gasteiger partial charge is 0.213 e. The molecule has 0 saturated heterocycles. The molecule has 28 heavy (non-hydrogen) atoms. The number of hydrogen-bond acceptors (Lipinski definition) is 1. The molecule has 0 bridgehead atoms. The topological polar surface area (TPSA) is 16.8 Å². The van der Waals surface area contributed by atoms with E-state index in [-0.39, 0.29) is 0 Å². The lowest BCUT2D eigenvalue weighted by atomic mass is 9.86. The van der Waals surface area contributed by atoms with Crippen molar-refractivity contribution >= 4 is 43.2 Å². The van der Waals surface area contributed by atoms with Gasteiger partial charge in [0.1, 0.15) is 7.05 Å². The van der Waals surface area contributed by atoms with E-state index >= 15 is 0 Å². The van der Waals surface area contributed by atoms with E-state index in [2.05, 4.69) is 91.5 Å². The molecule has 0 fully saturated rings. The molecule has 6 rings (SSSR count). The first-order chi connectivity index (χ1) is 13.7. The Balaban J connectivity index is 2.01. The van der Waals surface area contributed by atoms with Gasteiger partial charge in [-0.05, 0) is 40.8 Å². The molecule has 2 nitrogen and oxygen atoms in total. The third kappa shape index (κ3) is 1.92. The SMILES string of the molecule is Cc1cc2ncc3cccc4c5ccccc5c(c1-c1cccc[n+]1C)c2c34. The molecular weight excluding hydrogens is 340 g/mol. The molecular formula is C26H19N2+. The summed E-state index contributed by atoms with van der Waals surface area (Å²) < 4.78 is 2.21. The van der Waals surface area contributed by atoms with Gasteiger partial charge in [0.25, 0.3) is 0 Å². The standard InChI is InChI=1S/C26H19N2/c1-16-14-21-26-24-17(15-27-21)8-7-11-19(24)18-9-3-4-10-20(18)25(26)23(16)22-12-5-6-13-28(22)2/h3-15H,1-2H3/q+1. The lowest BCUT2D eigenvalue weighted by Crippen LogP contribution is -2.30. The van der Waals surface area contributed by atoms with Gasteiger partial charge in [0.2, 0.25) is 5.69 Å². The molecule has 0 aliphatic rings. The Kier molecular flexibility index (Phi) is 3.05. The number of hydrogen-bond donors (Lipinski definition) is 0. The largest absolute Gasteiger partial charge is 0.256 e. The van der Waals surface area contributed by atoms with Gasteiger partial charge in [0, 0.05) is 39.9 Å². The summed E-state index contributed by atoms with van der Waals surface area (Å²) in [4.78, 5) is 4.83. The van der Waals surface area contributed by atoms with Gasteiger partial charge in [0.05, 0.1) is 11.1 Å². The monoisotopic (exact) mass is 359 g/mol. The molecule has 2 aromatic heterocycles. The highest BCUT2D eigenvalue weighted by Crippen LogP contribution is 2.44. The quantitative estimate of drug-likeness (QED) is 0.202. The Bertz CT molecular complexity index is 1530. The van der Waals surface area contributed by atoms with Crippen LogP contribution >= 0.6 is 0 Å². The third-order valence-electron chi connectivity index (χ3n) is 5.99. The highest BCUT2D eigenvalue weighted by molar-refractivity contribution is 6.35. The molecule has 0 spiro atoms. The predicted octanol–water partition coefficient (Wildman–Crippen LogP) is 5.93. The molecule has 0 aliphatic heterocycles. The first-order valence-corrected chi connectivity index (χ1v) is 9.64. The first kappa shape index (κ1) is 15.5. The first-order valence-electron chi connectivity index (χ1n) is 9.64. The minimum absolute atomic E-state index is 1.07. The zero-order valence-electron chi connectivity index (χ0n) is 15.9. The van der Waals surface area contributed by atoms with E-state index in [1.807, 2.05) is 6.20 Å². The van der Waals surface area contributed by atoms with Crippen molar-refractivity contribution in [2.24, 2.45) is 7.05 Å². The average molecular weight is 359 g/mol. The van der Waals surface area contributed by atoms with Crippen molar-refractivity contribution in [3.63, 3.8) is 0 Å². The molecule has 0 saturated carbocycles. The molecule has 0 aliphatic carbocycles. The van der Waals surface area contributed by atoms with Gasteiger partial charge in [-0.25, -0.2) is 4.57 Å². The number of rotatable bonds is 1. The van der Waals surface area contributed by atoms with E-state index in [9.17, 15) is 0 Å². The van der Waals surface area contributed by atoms with Crippen molar-refractivity contribution < 1.29 is 4.57 Å². The van der Waals surface area contributed by atoms with Crippen molar-refractivity contribution in [2.75, 3.05) is 0 Å². The number of benzene rings is 4. The average Bonchev–Trinajstić information content (AvgIpc) is 2.73. The van der Waals surface area contributed by atoms with Gasteiger partial charge in [-0.15, -0.1) is 0 Å². The Morgan fingerprint density at radius 2 is 1.50 bits per heavy atom. The van der Waals surface area contributed by atoms with Crippen LogP contribution in [0.1, 0.15) is 5.56 Å². The molecule has 0 atom stereocenters. The zero-order chi connectivity index (χ0) is 18.8. The predicted molar refractivity (Wildman–Crippen MR) is 117 cm³/mol. The van der Waals surface area contributed by atoms with Gasteiger partial charge < -0.3 is 0 Å². The lowest BCUT2D eigenvalue weighted by Gasteiger charge is -2.17. The van der Waals surface area contributed by atoms with Crippen LogP contribution in [0.25, 0.3) is 54.5 Å². The van der Waals surface area contributed by atoms with Crippen LogP contribution in [0, 0.1) is 6.92 Å². The molecule has 132 valence electrons. The van der Waals surface area contributed by atoms with Gasteiger partial charge >= 0.3 is 0 Å². The normalized spacial score (nSPS) is 11.9. The maximum absolute atomic E-state index is 4.83. The van der Waals surface area contributed by atoms with E-state index in [0.29, 0.717) is 0 Å². The summed E-state index contributed by atoms with van der Waals surface area (Å²) in [7, 11) is 2.12. The number of nitrogens with zero attached hydrogens (tertiary/aromatic N) is 2. The van der Waals surface area contributed by atoms with Crippen LogP contribution in [0.5, 0.6) is 0 Å². The highest BCUT2D eigenvalue weighted by atomic mass is 14.9. The summed E-state index contributed by atoms with van der Waals surface area (Å²) in [6, 6.07) is 24.0. The van der Waals surface area contributed by atoms with Crippen molar-refractivity contribution in [1.29, 1.82) is 0 Å². The van der Waals surface area contributed by atoms with Crippen LogP contribution in [0.15, 0.2) is 79.1 Å². The summed E-state index contributed by atoms with van der Waals surface area (Å²) in [5.41, 5.74) is 4.85.